The maximum Gasteiger partial charge on any atom is 0.160 e. The Kier molecular flexibility index (Phi) is 26.7. The minimum Gasteiger partial charge on any atom is -0.352 e. The van der Waals surface area contributed by atoms with Crippen molar-refractivity contribution < 1.29 is 28.4 Å². The highest BCUT2D eigenvalue weighted by Gasteiger charge is 2.35. The maximum absolute atomic E-state index is 6.24. The summed E-state index contributed by atoms with van der Waals surface area (Å²) in [6, 6.07) is 0. The molecule has 3 saturated carbocycles. The molecular weight excluding hydrogens is 721 g/mol. The summed E-state index contributed by atoms with van der Waals surface area (Å²) >= 11 is 0. The van der Waals surface area contributed by atoms with Gasteiger partial charge in [-0.2, -0.15) is 0 Å². The van der Waals surface area contributed by atoms with Crippen LogP contribution in [0.25, 0.3) is 0 Å². The number of unbranched alkanes of at least 4 members (excludes halogenated alkanes) is 7. The Hall–Kier alpha value is -0.240. The van der Waals surface area contributed by atoms with Gasteiger partial charge in [-0.25, -0.2) is 0 Å². The van der Waals surface area contributed by atoms with E-state index in [1.807, 2.05) is 0 Å². The van der Waals surface area contributed by atoms with Crippen LogP contribution < -0.4 is 0 Å². The topological polar surface area (TPSA) is 55.4 Å². The van der Waals surface area contributed by atoms with Gasteiger partial charge in [0.25, 0.3) is 0 Å². The molecule has 6 unspecified atom stereocenters. The minimum atomic E-state index is 0.102. The van der Waals surface area contributed by atoms with Crippen molar-refractivity contribution in [2.75, 3.05) is 19.8 Å². The van der Waals surface area contributed by atoms with E-state index in [1.54, 1.807) is 0 Å². The SMILES string of the molecule is CCCCCC1CCC(C2OCCC(C)O2)CC1.CCCCCC1CCC(C2OCCC(CC)O2)CC1.CCCCCC1CCC(C2OCCC(CCCC)O2)CC1. The molecule has 6 rings (SSSR count). The molecule has 3 aliphatic heterocycles. The highest BCUT2D eigenvalue weighted by molar-refractivity contribution is 4.80. The maximum atomic E-state index is 6.24. The molecule has 6 heteroatoms. The Morgan fingerprint density at radius 1 is 0.345 bits per heavy atom. The van der Waals surface area contributed by atoms with Crippen LogP contribution in [0.1, 0.15) is 241 Å². The van der Waals surface area contributed by atoms with Crippen molar-refractivity contribution in [2.45, 2.75) is 278 Å². The lowest BCUT2D eigenvalue weighted by Crippen LogP contribution is -2.38. The van der Waals surface area contributed by atoms with Gasteiger partial charge in [-0.05, 0) is 134 Å². The monoisotopic (exact) mass is 819 g/mol. The fourth-order valence-corrected chi connectivity index (χ4v) is 10.9. The second-order valence-electron chi connectivity index (χ2n) is 19.9. The van der Waals surface area contributed by atoms with E-state index in [2.05, 4.69) is 41.5 Å². The molecule has 0 aromatic heterocycles. The first-order valence-electron chi connectivity index (χ1n) is 26.3. The van der Waals surface area contributed by atoms with Crippen LogP contribution in [0.3, 0.4) is 0 Å². The summed E-state index contributed by atoms with van der Waals surface area (Å²) in [5.74, 6) is 4.93. The lowest BCUT2D eigenvalue weighted by Gasteiger charge is -2.38. The molecule has 6 nitrogen and oxygen atoms in total. The second-order valence-corrected chi connectivity index (χ2v) is 19.9. The standard InChI is InChI=1S/C19H36O2.C17H32O2.C16H30O2/c1-3-5-7-8-16-10-12-17(13-11-16)19-20-15-14-18(21-19)9-6-4-2;1-3-5-6-7-14-8-10-15(11-9-14)17-18-13-12-16(4-2)19-17;1-3-4-5-6-14-7-9-15(10-8-14)16-17-12-11-13(2)18-16/h16-19H,3-15H2,1-2H3;14-17H,3-13H2,1-2H3;13-16H,3-12H2,1-2H3. The fourth-order valence-electron chi connectivity index (χ4n) is 10.9. The molecule has 6 atom stereocenters. The largest absolute Gasteiger partial charge is 0.352 e. The van der Waals surface area contributed by atoms with Gasteiger partial charge < -0.3 is 28.4 Å². The van der Waals surface area contributed by atoms with E-state index in [-0.39, 0.29) is 18.9 Å². The molecule has 6 fully saturated rings. The molecule has 3 aliphatic carbocycles. The molecule has 342 valence electrons. The third-order valence-corrected chi connectivity index (χ3v) is 15.1. The van der Waals surface area contributed by atoms with Gasteiger partial charge in [0, 0.05) is 17.8 Å². The predicted molar refractivity (Wildman–Crippen MR) is 242 cm³/mol. The van der Waals surface area contributed by atoms with Gasteiger partial charge in [-0.1, -0.05) is 125 Å². The van der Waals surface area contributed by atoms with Crippen LogP contribution in [0.4, 0.5) is 0 Å². The summed E-state index contributed by atoms with van der Waals surface area (Å²) in [5.41, 5.74) is 0. The summed E-state index contributed by atoms with van der Waals surface area (Å²) in [4.78, 5) is 0. The van der Waals surface area contributed by atoms with E-state index < -0.39 is 0 Å². The van der Waals surface area contributed by atoms with Gasteiger partial charge in [0.2, 0.25) is 0 Å². The van der Waals surface area contributed by atoms with Gasteiger partial charge in [0.15, 0.2) is 18.9 Å². The molecule has 6 aliphatic rings. The third-order valence-electron chi connectivity index (χ3n) is 15.1. The van der Waals surface area contributed by atoms with E-state index in [4.69, 9.17) is 28.4 Å². The van der Waals surface area contributed by atoms with Crippen molar-refractivity contribution >= 4 is 0 Å². The van der Waals surface area contributed by atoms with Crippen molar-refractivity contribution in [1.29, 1.82) is 0 Å². The molecule has 0 amide bonds. The molecule has 0 N–H and O–H groups in total. The number of ether oxygens (including phenoxy) is 6. The summed E-state index contributed by atoms with van der Waals surface area (Å²) in [6.45, 7) is 16.2. The van der Waals surface area contributed by atoms with E-state index in [0.717, 1.165) is 63.3 Å². The number of hydrogen-bond acceptors (Lipinski definition) is 6. The van der Waals surface area contributed by atoms with Crippen molar-refractivity contribution in [3.8, 4) is 0 Å². The first-order valence-corrected chi connectivity index (χ1v) is 26.3. The van der Waals surface area contributed by atoms with Gasteiger partial charge in [-0.3, -0.25) is 0 Å². The van der Waals surface area contributed by atoms with Crippen LogP contribution >= 0.6 is 0 Å². The first kappa shape index (κ1) is 50.4. The minimum absolute atomic E-state index is 0.102. The fraction of sp³-hybridized carbons (Fsp3) is 1.00. The smallest absolute Gasteiger partial charge is 0.160 e. The van der Waals surface area contributed by atoms with E-state index in [1.165, 1.54) is 173 Å². The zero-order chi connectivity index (χ0) is 41.2. The molecule has 0 aromatic carbocycles. The van der Waals surface area contributed by atoms with Gasteiger partial charge in [0.05, 0.1) is 38.1 Å². The molecule has 3 saturated heterocycles. The highest BCUT2D eigenvalue weighted by Crippen LogP contribution is 2.39. The van der Waals surface area contributed by atoms with E-state index in [9.17, 15) is 0 Å². The average molecular weight is 819 g/mol. The lowest BCUT2D eigenvalue weighted by molar-refractivity contribution is -0.241. The Bertz CT molecular complexity index is 954. The Morgan fingerprint density at radius 2 is 0.707 bits per heavy atom. The van der Waals surface area contributed by atoms with Crippen molar-refractivity contribution in [1.82, 2.24) is 0 Å². The summed E-state index contributed by atoms with van der Waals surface area (Å²) in [6.07, 6.45) is 43.0. The number of rotatable bonds is 19. The Morgan fingerprint density at radius 3 is 1.09 bits per heavy atom. The van der Waals surface area contributed by atoms with E-state index in [0.29, 0.717) is 36.1 Å². The molecule has 0 aromatic rings. The van der Waals surface area contributed by atoms with Crippen LogP contribution in [0.15, 0.2) is 0 Å². The molecule has 0 radical (unpaired) electrons. The lowest BCUT2D eigenvalue weighted by atomic mass is 9.79. The van der Waals surface area contributed by atoms with Crippen LogP contribution in [0, 0.1) is 35.5 Å². The van der Waals surface area contributed by atoms with Gasteiger partial charge in [0.1, 0.15) is 0 Å². The first-order chi connectivity index (χ1) is 28.5. The normalized spacial score (nSPS) is 35.9. The summed E-state index contributed by atoms with van der Waals surface area (Å²) < 4.78 is 35.9. The number of hydrogen-bond donors (Lipinski definition) is 0. The Balaban J connectivity index is 0.000000193. The van der Waals surface area contributed by atoms with Crippen LogP contribution in [0.2, 0.25) is 0 Å². The molecule has 0 spiro atoms. The predicted octanol–water partition coefficient (Wildman–Crippen LogP) is 15.1. The average Bonchev–Trinajstić information content (AvgIpc) is 3.27. The molecular formula is C52H98O6. The summed E-state index contributed by atoms with van der Waals surface area (Å²) in [5, 5.41) is 0. The second kappa shape index (κ2) is 30.7. The Labute approximate surface area is 360 Å². The van der Waals surface area contributed by atoms with Gasteiger partial charge in [-0.15, -0.1) is 0 Å². The molecule has 0 bridgehead atoms. The zero-order valence-corrected chi connectivity index (χ0v) is 39.4. The highest BCUT2D eigenvalue weighted by atomic mass is 16.7. The van der Waals surface area contributed by atoms with Crippen LogP contribution in [-0.4, -0.2) is 57.0 Å². The van der Waals surface area contributed by atoms with Crippen molar-refractivity contribution in [3.05, 3.63) is 0 Å². The third kappa shape index (κ3) is 19.4. The zero-order valence-electron chi connectivity index (χ0n) is 39.4. The van der Waals surface area contributed by atoms with Crippen molar-refractivity contribution in [2.24, 2.45) is 35.5 Å². The molecule has 3 heterocycles. The summed E-state index contributed by atoms with van der Waals surface area (Å²) in [7, 11) is 0. The van der Waals surface area contributed by atoms with Crippen molar-refractivity contribution in [3.63, 3.8) is 0 Å². The van der Waals surface area contributed by atoms with E-state index >= 15 is 0 Å². The van der Waals surface area contributed by atoms with Gasteiger partial charge >= 0.3 is 0 Å². The molecule has 58 heavy (non-hydrogen) atoms. The van der Waals surface area contributed by atoms with Crippen LogP contribution in [0.5, 0.6) is 0 Å². The quantitative estimate of drug-likeness (QED) is 0.121. The van der Waals surface area contributed by atoms with Crippen LogP contribution in [-0.2, 0) is 28.4 Å².